The Balaban J connectivity index is 0.00000706. The van der Waals surface area contributed by atoms with Crippen molar-refractivity contribution in [2.45, 2.75) is 143 Å². The molecule has 0 N–H and O–H groups in total. The summed E-state index contributed by atoms with van der Waals surface area (Å²) >= 11 is 0. The van der Waals surface area contributed by atoms with Crippen LogP contribution in [0.25, 0.3) is 27.6 Å². The summed E-state index contributed by atoms with van der Waals surface area (Å²) in [5.74, 6) is 2.09. The van der Waals surface area contributed by atoms with Crippen LogP contribution in [0.15, 0.2) is 158 Å². The molecule has 0 saturated carbocycles. The van der Waals surface area contributed by atoms with Gasteiger partial charge in [-0.25, -0.2) is 4.98 Å². The quantitative estimate of drug-likeness (QED) is 0.135. The molecule has 3 heterocycles. The normalized spacial score (nSPS) is 13.6. The second-order valence-corrected chi connectivity index (χ2v) is 26.1. The van der Waals surface area contributed by atoms with Gasteiger partial charge >= 0.3 is 0 Å². The molecule has 0 bridgehead atoms. The van der Waals surface area contributed by atoms with E-state index in [0.717, 1.165) is 55.9 Å². The molecule has 0 unspecified atom stereocenters. The average Bonchev–Trinajstić information content (AvgIpc) is 3.91. The van der Waals surface area contributed by atoms with Gasteiger partial charge in [0.1, 0.15) is 5.82 Å². The van der Waals surface area contributed by atoms with Crippen molar-refractivity contribution >= 4 is 44.6 Å². The van der Waals surface area contributed by atoms with E-state index in [2.05, 4.69) is 290 Å². The molecule has 6 heteroatoms. The second-order valence-electron chi connectivity index (χ2n) is 26.1. The predicted molar refractivity (Wildman–Crippen MR) is 316 cm³/mol. The summed E-state index contributed by atoms with van der Waals surface area (Å²) in [4.78, 5) is 9.70. The molecule has 0 aliphatic carbocycles. The third-order valence-electron chi connectivity index (χ3n) is 15.8. The number of nitrogens with zero attached hydrogens (tertiary/aromatic N) is 4. The third kappa shape index (κ3) is 10.3. The van der Waals surface area contributed by atoms with Gasteiger partial charge in [-0.15, -0.1) is 53.6 Å². The van der Waals surface area contributed by atoms with Gasteiger partial charge in [-0.3, -0.25) is 0 Å². The first kappa shape index (κ1) is 54.4. The summed E-state index contributed by atoms with van der Waals surface area (Å²) in [6, 6.07) is 63.4. The van der Waals surface area contributed by atoms with E-state index < -0.39 is 0 Å². The molecule has 0 atom stereocenters. The minimum Gasteiger partial charge on any atom is -0.509 e. The molecule has 76 heavy (non-hydrogen) atoms. The van der Waals surface area contributed by atoms with Crippen molar-refractivity contribution in [3.63, 3.8) is 0 Å². The number of ether oxygens (including phenoxy) is 1. The molecule has 9 aromatic rings. The van der Waals surface area contributed by atoms with Gasteiger partial charge in [-0.05, 0) is 108 Å². The fourth-order valence-corrected chi connectivity index (χ4v) is 10.5. The van der Waals surface area contributed by atoms with Crippen LogP contribution in [0.5, 0.6) is 11.5 Å². The van der Waals surface area contributed by atoms with Gasteiger partial charge in [0.05, 0.1) is 0 Å². The van der Waals surface area contributed by atoms with E-state index >= 15 is 0 Å². The van der Waals surface area contributed by atoms with Crippen LogP contribution in [0.3, 0.4) is 0 Å². The maximum atomic E-state index is 7.02. The smallest absolute Gasteiger partial charge is 0.135 e. The standard InChI is InChI=1S/C70H75N4O.Pt/c1-65(2,3)48-27-30-58-59-31-29-56(44-62(59)74(61(58)40-48)64-42-50(33-34-71-64)67(7,8)9)75-57-39-51(68(10,11)12)36-55(43-57)72-45-73(63-41-49(66(4,5)6)28-32-60(63)72)54-37-52(69(13,14)46-23-19-17-20-24-46)35-53(38-54)70(15,16)47-25-21-18-22-26-47;/h17-42,45H,1-16H3;/q-3;. The Hall–Kier alpha value is -6.42. The fraction of sp³-hybridized carbons (Fsp3) is 0.314. The molecule has 10 rings (SSSR count). The summed E-state index contributed by atoms with van der Waals surface area (Å²) in [6.07, 6.45) is 1.93. The second kappa shape index (κ2) is 19.5. The van der Waals surface area contributed by atoms with E-state index in [4.69, 9.17) is 9.72 Å². The topological polar surface area (TPSA) is 33.5 Å². The third-order valence-corrected chi connectivity index (χ3v) is 15.8. The Labute approximate surface area is 468 Å². The number of aromatic nitrogens is 2. The molecule has 394 valence electrons. The Kier molecular flexibility index (Phi) is 14.0. The zero-order chi connectivity index (χ0) is 53.6. The summed E-state index contributed by atoms with van der Waals surface area (Å²) < 4.78 is 9.29. The molecule has 0 fully saturated rings. The monoisotopic (exact) mass is 1180 g/mol. The van der Waals surface area contributed by atoms with E-state index in [1.807, 2.05) is 12.3 Å². The van der Waals surface area contributed by atoms with Crippen LogP contribution in [0.1, 0.15) is 155 Å². The van der Waals surface area contributed by atoms with Gasteiger partial charge in [-0.1, -0.05) is 201 Å². The SMILES string of the molecule is CC(C)(C)c1cc(Oc2[c-]c3c(cc2)c2ccc(C(C)(C)C)cc2n3-c2cc(C(C)(C)C)ccn2)[c-]c(N2[CH-]N(c3cc(C(C)(C)c4ccccc4)cc(C(C)(C)c4ccccc4)c3)c3cc(C(C)(C)C)ccc32)c1.[Pt]. The number of rotatable bonds is 9. The molecular weight excluding hydrogens is 1110 g/mol. The van der Waals surface area contributed by atoms with Gasteiger partial charge in [-0.2, -0.15) is 6.07 Å². The zero-order valence-corrected chi connectivity index (χ0v) is 49.9. The Morgan fingerprint density at radius 1 is 0.421 bits per heavy atom. The molecule has 0 radical (unpaired) electrons. The van der Waals surface area contributed by atoms with Crippen molar-refractivity contribution < 1.29 is 25.8 Å². The van der Waals surface area contributed by atoms with Crippen molar-refractivity contribution in [1.29, 1.82) is 0 Å². The average molecular weight is 1180 g/mol. The van der Waals surface area contributed by atoms with Crippen LogP contribution < -0.4 is 14.5 Å². The van der Waals surface area contributed by atoms with Gasteiger partial charge in [0.25, 0.3) is 0 Å². The molecule has 1 aliphatic rings. The van der Waals surface area contributed by atoms with Gasteiger partial charge in [0.2, 0.25) is 0 Å². The van der Waals surface area contributed by atoms with Crippen LogP contribution >= 0.6 is 0 Å². The zero-order valence-electron chi connectivity index (χ0n) is 47.6. The van der Waals surface area contributed by atoms with Crippen molar-refractivity contribution in [2.75, 3.05) is 9.80 Å². The molecule has 7 aromatic carbocycles. The number of benzene rings is 7. The summed E-state index contributed by atoms with van der Waals surface area (Å²) in [7, 11) is 0. The van der Waals surface area contributed by atoms with E-state index in [1.54, 1.807) is 0 Å². The summed E-state index contributed by atoms with van der Waals surface area (Å²) in [5, 5.41) is 2.25. The first-order valence-corrected chi connectivity index (χ1v) is 26.8. The maximum Gasteiger partial charge on any atom is 0.135 e. The Bertz CT molecular complexity index is 3530. The number of fused-ring (bicyclic) bond motifs is 4. The molecule has 0 saturated heterocycles. The van der Waals surface area contributed by atoms with Crippen LogP contribution in [-0.2, 0) is 53.6 Å². The molecule has 0 spiro atoms. The number of pyridine rings is 1. The van der Waals surface area contributed by atoms with Crippen molar-refractivity contribution in [2.24, 2.45) is 0 Å². The first-order valence-electron chi connectivity index (χ1n) is 26.8. The van der Waals surface area contributed by atoms with Crippen LogP contribution in [-0.4, -0.2) is 9.55 Å². The largest absolute Gasteiger partial charge is 0.509 e. The van der Waals surface area contributed by atoms with Crippen molar-refractivity contribution in [3.05, 3.63) is 221 Å². The van der Waals surface area contributed by atoms with Crippen LogP contribution in [0.2, 0.25) is 0 Å². The number of hydrogen-bond acceptors (Lipinski definition) is 4. The Morgan fingerprint density at radius 2 is 0.961 bits per heavy atom. The van der Waals surface area contributed by atoms with E-state index in [9.17, 15) is 0 Å². The van der Waals surface area contributed by atoms with E-state index in [0.29, 0.717) is 11.5 Å². The first-order chi connectivity index (χ1) is 35.2. The van der Waals surface area contributed by atoms with Crippen molar-refractivity contribution in [3.8, 4) is 17.3 Å². The molecule has 0 amide bonds. The van der Waals surface area contributed by atoms with Crippen LogP contribution in [0, 0.1) is 18.8 Å². The summed E-state index contributed by atoms with van der Waals surface area (Å²) in [5.41, 5.74) is 15.2. The minimum atomic E-state index is -0.286. The molecule has 2 aromatic heterocycles. The predicted octanol–water partition coefficient (Wildman–Crippen LogP) is 18.8. The Morgan fingerprint density at radius 3 is 1.54 bits per heavy atom. The minimum absolute atomic E-state index is 0. The number of anilines is 4. The fourth-order valence-electron chi connectivity index (χ4n) is 10.5. The van der Waals surface area contributed by atoms with E-state index in [-0.39, 0.29) is 53.6 Å². The van der Waals surface area contributed by atoms with Gasteiger partial charge < -0.3 is 19.1 Å². The molecule has 5 nitrogen and oxygen atoms in total. The van der Waals surface area contributed by atoms with Gasteiger partial charge in [0.15, 0.2) is 0 Å². The molecule has 1 aliphatic heterocycles. The summed E-state index contributed by atoms with van der Waals surface area (Å²) in [6.45, 7) is 38.8. The molecular formula is C70H75N4OPt-3. The van der Waals surface area contributed by atoms with Crippen LogP contribution in [0.4, 0.5) is 22.7 Å². The van der Waals surface area contributed by atoms with Crippen molar-refractivity contribution in [1.82, 2.24) is 9.55 Å². The van der Waals surface area contributed by atoms with E-state index in [1.165, 1.54) is 38.9 Å². The van der Waals surface area contributed by atoms with Gasteiger partial charge in [0, 0.05) is 72.2 Å². The maximum absolute atomic E-state index is 7.02. The number of hydrogen-bond donors (Lipinski definition) is 0.